The molecular weight excluding hydrogens is 493 g/mol. The average Bonchev–Trinajstić information content (AvgIpc) is 3.13. The average molecular weight is 513 g/mol. The number of alkyl halides is 3. The van der Waals surface area contributed by atoms with Gasteiger partial charge >= 0.3 is 17.8 Å². The quantitative estimate of drug-likeness (QED) is 0.518. The van der Waals surface area contributed by atoms with Gasteiger partial charge in [-0.3, -0.25) is 9.20 Å². The van der Waals surface area contributed by atoms with E-state index in [-0.39, 0.29) is 24.6 Å². The minimum atomic E-state index is -5.08. The number of benzene rings is 1. The molecule has 3 heterocycles. The van der Waals surface area contributed by atoms with E-state index in [9.17, 15) is 31.5 Å². The molecule has 0 aliphatic carbocycles. The number of aromatic nitrogens is 3. The number of halogens is 5. The maximum absolute atomic E-state index is 12.9. The Hall–Kier alpha value is -4.07. The molecule has 14 heteroatoms. The summed E-state index contributed by atoms with van der Waals surface area (Å²) in [7, 11) is 1.76. The van der Waals surface area contributed by atoms with Crippen molar-refractivity contribution in [2.45, 2.75) is 25.6 Å². The van der Waals surface area contributed by atoms with Crippen LogP contribution in [0.3, 0.4) is 0 Å². The number of aliphatic carboxylic acids is 1. The maximum Gasteiger partial charge on any atom is 0.490 e. The first-order chi connectivity index (χ1) is 16.8. The molecule has 0 atom stereocenters. The molecule has 3 aromatic rings. The van der Waals surface area contributed by atoms with E-state index >= 15 is 0 Å². The lowest BCUT2D eigenvalue weighted by Gasteiger charge is -2.26. The Labute approximate surface area is 199 Å². The molecule has 0 saturated heterocycles. The number of fused-ring (bicyclic) bond motifs is 2. The number of carboxylic acids is 1. The molecule has 0 bridgehead atoms. The molecule has 0 fully saturated rings. The Balaban J connectivity index is 0.000000454. The first-order valence-electron chi connectivity index (χ1n) is 10.4. The minimum Gasteiger partial charge on any atom is -0.475 e. The molecule has 2 aromatic heterocycles. The van der Waals surface area contributed by atoms with Gasteiger partial charge in [0.25, 0.3) is 6.08 Å². The molecule has 4 rings (SSSR count). The zero-order valence-electron chi connectivity index (χ0n) is 18.7. The van der Waals surface area contributed by atoms with Crippen LogP contribution in [0, 0.1) is 0 Å². The first-order valence-corrected chi connectivity index (χ1v) is 10.4. The fraction of sp³-hybridized carbons (Fsp3) is 0.273. The summed E-state index contributed by atoms with van der Waals surface area (Å²) in [5.74, 6) is -2.67. The van der Waals surface area contributed by atoms with Crippen LogP contribution in [0.2, 0.25) is 0 Å². The van der Waals surface area contributed by atoms with E-state index in [0.29, 0.717) is 18.5 Å². The van der Waals surface area contributed by atoms with Crippen LogP contribution >= 0.6 is 0 Å². The van der Waals surface area contributed by atoms with Gasteiger partial charge in [0.2, 0.25) is 5.91 Å². The Morgan fingerprint density at radius 1 is 1.11 bits per heavy atom. The SMILES string of the molecule is CN1C(=O)CCc2cc(-c3ccn4c(=O)n(CC(CN)=C(F)F)nc4c3)ccc21.O=C(O)C(F)(F)F. The number of aryl methyl sites for hydroxylation is 1. The van der Waals surface area contributed by atoms with E-state index in [0.717, 1.165) is 27.1 Å². The van der Waals surface area contributed by atoms with Gasteiger partial charge < -0.3 is 15.7 Å². The van der Waals surface area contributed by atoms with Crippen LogP contribution in [-0.2, 0) is 22.6 Å². The monoisotopic (exact) mass is 513 g/mol. The second kappa shape index (κ2) is 10.3. The number of hydrogen-bond acceptors (Lipinski definition) is 5. The van der Waals surface area contributed by atoms with Crippen LogP contribution < -0.4 is 16.3 Å². The van der Waals surface area contributed by atoms with Crippen LogP contribution in [0.4, 0.5) is 27.6 Å². The molecule has 3 N–H and O–H groups in total. The van der Waals surface area contributed by atoms with Crippen molar-refractivity contribution < 1.29 is 36.6 Å². The predicted octanol–water partition coefficient (Wildman–Crippen LogP) is 2.81. The third kappa shape index (κ3) is 5.59. The highest BCUT2D eigenvalue weighted by Crippen LogP contribution is 2.31. The molecule has 1 aliphatic rings. The summed E-state index contributed by atoms with van der Waals surface area (Å²) in [6.07, 6.45) is -4.27. The van der Waals surface area contributed by atoms with Crippen molar-refractivity contribution in [2.75, 3.05) is 18.5 Å². The van der Waals surface area contributed by atoms with Gasteiger partial charge in [-0.1, -0.05) is 6.07 Å². The highest BCUT2D eigenvalue weighted by Gasteiger charge is 2.38. The van der Waals surface area contributed by atoms with Gasteiger partial charge in [-0.25, -0.2) is 14.3 Å². The lowest BCUT2D eigenvalue weighted by Crippen LogP contribution is -2.30. The predicted molar refractivity (Wildman–Crippen MR) is 119 cm³/mol. The summed E-state index contributed by atoms with van der Waals surface area (Å²) in [6, 6.07) is 9.33. The lowest BCUT2D eigenvalue weighted by atomic mass is 9.96. The van der Waals surface area contributed by atoms with E-state index < -0.39 is 23.9 Å². The second-order valence-electron chi connectivity index (χ2n) is 7.75. The van der Waals surface area contributed by atoms with Gasteiger partial charge in [0, 0.05) is 37.5 Å². The van der Waals surface area contributed by atoms with Crippen molar-refractivity contribution in [3.63, 3.8) is 0 Å². The van der Waals surface area contributed by atoms with Gasteiger partial charge in [0.05, 0.1) is 6.54 Å². The first kappa shape index (κ1) is 26.5. The molecule has 1 amide bonds. The Morgan fingerprint density at radius 2 is 1.75 bits per heavy atom. The number of rotatable bonds is 4. The van der Waals surface area contributed by atoms with Gasteiger partial charge in [0.1, 0.15) is 0 Å². The number of amides is 1. The Morgan fingerprint density at radius 3 is 2.33 bits per heavy atom. The van der Waals surface area contributed by atoms with E-state index in [1.54, 1.807) is 30.3 Å². The van der Waals surface area contributed by atoms with Crippen LogP contribution in [0.15, 0.2) is 53.0 Å². The molecule has 192 valence electrons. The zero-order valence-corrected chi connectivity index (χ0v) is 18.7. The third-order valence-corrected chi connectivity index (χ3v) is 5.44. The fourth-order valence-corrected chi connectivity index (χ4v) is 3.52. The van der Waals surface area contributed by atoms with Gasteiger partial charge in [-0.15, -0.1) is 5.10 Å². The number of carbonyl (C=O) groups is 2. The molecule has 0 unspecified atom stereocenters. The minimum absolute atomic E-state index is 0.0900. The van der Waals surface area contributed by atoms with Crippen LogP contribution in [-0.4, -0.2) is 50.9 Å². The molecule has 0 spiro atoms. The number of nitrogens with two attached hydrogens (primary N) is 1. The van der Waals surface area contributed by atoms with Crippen molar-refractivity contribution in [2.24, 2.45) is 5.73 Å². The number of anilines is 1. The van der Waals surface area contributed by atoms with Crippen LogP contribution in [0.5, 0.6) is 0 Å². The number of carbonyl (C=O) groups excluding carboxylic acids is 1. The number of carboxylic acid groups (broad SMARTS) is 1. The molecule has 9 nitrogen and oxygen atoms in total. The molecular formula is C22H20F5N5O4. The number of hydrogen-bond donors (Lipinski definition) is 2. The zero-order chi connectivity index (χ0) is 26.8. The normalized spacial score (nSPS) is 13.2. The summed E-state index contributed by atoms with van der Waals surface area (Å²) in [5, 5.41) is 11.3. The molecule has 1 aliphatic heterocycles. The highest BCUT2D eigenvalue weighted by molar-refractivity contribution is 5.96. The maximum atomic E-state index is 12.9. The second-order valence-corrected chi connectivity index (χ2v) is 7.75. The summed E-state index contributed by atoms with van der Waals surface area (Å²) in [4.78, 5) is 34.8. The van der Waals surface area contributed by atoms with Crippen molar-refractivity contribution in [1.82, 2.24) is 14.2 Å². The summed E-state index contributed by atoms with van der Waals surface area (Å²) in [5.41, 5.74) is 8.57. The van der Waals surface area contributed by atoms with E-state index in [1.165, 1.54) is 4.40 Å². The van der Waals surface area contributed by atoms with Crippen molar-refractivity contribution in [3.05, 3.63) is 64.2 Å². The largest absolute Gasteiger partial charge is 0.490 e. The topological polar surface area (TPSA) is 123 Å². The Bertz CT molecular complexity index is 1410. The fourth-order valence-electron chi connectivity index (χ4n) is 3.52. The van der Waals surface area contributed by atoms with Gasteiger partial charge in [-0.2, -0.15) is 22.0 Å². The van der Waals surface area contributed by atoms with Gasteiger partial charge in [-0.05, 0) is 47.4 Å². The summed E-state index contributed by atoms with van der Waals surface area (Å²) < 4.78 is 59.8. The third-order valence-electron chi connectivity index (χ3n) is 5.44. The lowest BCUT2D eigenvalue weighted by molar-refractivity contribution is -0.192. The smallest absolute Gasteiger partial charge is 0.475 e. The van der Waals surface area contributed by atoms with Crippen molar-refractivity contribution >= 4 is 23.2 Å². The van der Waals surface area contributed by atoms with E-state index in [1.807, 2.05) is 18.2 Å². The standard InChI is InChI=1S/C20H19F2N5O2.C2HF3O2/c1-25-16-4-2-12(8-14(16)3-5-18(25)28)13-6-7-26-17(9-13)24-27(20(26)29)11-15(10-23)19(21)22;3-2(4,5)1(6)7/h2,4,6-9H,3,5,10-11,23H2,1H3;(H,6,7). The van der Waals surface area contributed by atoms with Crippen molar-refractivity contribution in [3.8, 4) is 11.1 Å². The van der Waals surface area contributed by atoms with Crippen LogP contribution in [0.25, 0.3) is 16.8 Å². The summed E-state index contributed by atoms with van der Waals surface area (Å²) >= 11 is 0. The number of nitrogens with zero attached hydrogens (tertiary/aromatic N) is 4. The molecule has 0 saturated carbocycles. The molecule has 0 radical (unpaired) electrons. The molecule has 1 aromatic carbocycles. The number of pyridine rings is 1. The van der Waals surface area contributed by atoms with Gasteiger partial charge in [0.15, 0.2) is 5.65 Å². The Kier molecular flexibility index (Phi) is 7.57. The van der Waals surface area contributed by atoms with E-state index in [4.69, 9.17) is 15.6 Å². The van der Waals surface area contributed by atoms with E-state index in [2.05, 4.69) is 5.10 Å². The van der Waals surface area contributed by atoms with Crippen LogP contribution in [0.1, 0.15) is 12.0 Å². The molecule has 36 heavy (non-hydrogen) atoms. The van der Waals surface area contributed by atoms with Crippen molar-refractivity contribution in [1.29, 1.82) is 0 Å². The summed E-state index contributed by atoms with van der Waals surface area (Å²) in [6.45, 7) is -0.701. The highest BCUT2D eigenvalue weighted by atomic mass is 19.4.